The van der Waals surface area contributed by atoms with Gasteiger partial charge in [0.1, 0.15) is 37.4 Å². The zero-order chi connectivity index (χ0) is 74.0. The lowest BCUT2D eigenvalue weighted by atomic mass is 10.0. The maximum Gasteiger partial charge on any atom is 0.397 e. The molecule has 0 saturated carbocycles. The molecule has 0 bridgehead atoms. The van der Waals surface area contributed by atoms with Gasteiger partial charge in [-0.3, -0.25) is 31.8 Å². The van der Waals surface area contributed by atoms with E-state index in [9.17, 15) is 82.8 Å². The number of hydrogen-bond acceptors (Lipinski definition) is 28. The first kappa shape index (κ1) is 75.3. The molecule has 12 N–H and O–H groups in total. The number of fused-ring (bicyclic) bond motifs is 2. The van der Waals surface area contributed by atoms with Crippen molar-refractivity contribution >= 4 is 161 Å². The normalized spacial score (nSPS) is 13.0. The minimum atomic E-state index is -5.26. The summed E-state index contributed by atoms with van der Waals surface area (Å²) in [5.74, 6) is -1.76. The van der Waals surface area contributed by atoms with Crippen molar-refractivity contribution in [3.63, 3.8) is 0 Å². The highest BCUT2D eigenvalue weighted by Gasteiger charge is 2.30. The van der Waals surface area contributed by atoms with E-state index in [1.807, 2.05) is 4.72 Å². The van der Waals surface area contributed by atoms with Crippen molar-refractivity contribution in [2.75, 3.05) is 40.8 Å². The van der Waals surface area contributed by atoms with Crippen molar-refractivity contribution in [3.05, 3.63) is 162 Å². The third kappa shape index (κ3) is 18.2. The Bertz CT molecular complexity index is 5760. The van der Waals surface area contributed by atoms with Gasteiger partial charge in [-0.15, -0.1) is 20.5 Å². The van der Waals surface area contributed by atoms with E-state index >= 15 is 0 Å². The van der Waals surface area contributed by atoms with Crippen LogP contribution in [-0.4, -0.2) is 112 Å². The van der Waals surface area contributed by atoms with Crippen LogP contribution < -0.4 is 20.5 Å². The van der Waals surface area contributed by atoms with Gasteiger partial charge < -0.3 is 21.7 Å². The van der Waals surface area contributed by atoms with Crippen LogP contribution in [0, 0.1) is 13.8 Å². The maximum atomic E-state index is 14.1. The largest absolute Gasteiger partial charge is 0.505 e. The SMILES string of the molecule is Cc1cc2cc(S(=O)(=O)O)c(N=Nc3ccc(S(=O)(=O)Nc4cc(N(C)S(=O)(=O)c5ccc(N=Nc6c(S(=O)(=O)O)cc7cc(C)c(N=Nc8ccc(CCCOS(=O)(=O)O)cc8)c(N)c7c6O)cc5)ccc4S(=O)(=O)O)cc3)c(O)c2c(N)c1N=Nc1ccc(CCCOS(=O)(=O)O)cc1. The first-order valence-electron chi connectivity index (χ1n) is 28.6. The number of nitrogens with one attached hydrogen (secondary N) is 1. The fourth-order valence-corrected chi connectivity index (χ4v) is 14.8. The number of aryl methyl sites for hydroxylation is 4. The fraction of sp³-hybridized carbons (Fsp3) is 0.153. The van der Waals surface area contributed by atoms with Crippen LogP contribution in [0.5, 0.6) is 11.5 Å². The number of sulfonamides is 2. The highest BCUT2D eigenvalue weighted by molar-refractivity contribution is 7.93. The summed E-state index contributed by atoms with van der Waals surface area (Å²) in [4.78, 5) is -3.91. The van der Waals surface area contributed by atoms with E-state index in [4.69, 9.17) is 20.6 Å². The number of hydrogen-bond donors (Lipinski definition) is 10. The average Bonchev–Trinajstić information content (AvgIpc) is 0.772. The monoisotopic (exact) mass is 1520 g/mol. The molecule has 42 heteroatoms. The Balaban J connectivity index is 0.919. The molecule has 0 saturated heterocycles. The number of nitrogen functional groups attached to an aromatic ring is 2. The van der Waals surface area contributed by atoms with E-state index in [0.717, 1.165) is 91.0 Å². The molecule has 0 amide bonds. The van der Waals surface area contributed by atoms with Gasteiger partial charge in [-0.1, -0.05) is 24.3 Å². The van der Waals surface area contributed by atoms with Gasteiger partial charge in [0.15, 0.2) is 11.5 Å². The Morgan fingerprint density at radius 3 is 1.13 bits per heavy atom. The summed E-state index contributed by atoms with van der Waals surface area (Å²) in [7, 11) is -33.3. The van der Waals surface area contributed by atoms with Crippen molar-refractivity contribution in [3.8, 4) is 11.5 Å². The Morgan fingerprint density at radius 2 is 0.772 bits per heavy atom. The summed E-state index contributed by atoms with van der Waals surface area (Å²) in [6.45, 7) is 2.61. The molecular weight excluding hydrogens is 1470 g/mol. The summed E-state index contributed by atoms with van der Waals surface area (Å²) in [5, 5.41) is 55.3. The second-order valence-electron chi connectivity index (χ2n) is 21.8. The van der Waals surface area contributed by atoms with Crippen LogP contribution in [0.3, 0.4) is 0 Å². The van der Waals surface area contributed by atoms with Gasteiger partial charge in [-0.25, -0.2) is 25.2 Å². The number of aromatic hydroxyl groups is 2. The van der Waals surface area contributed by atoms with Crippen LogP contribution in [0.4, 0.5) is 68.2 Å². The van der Waals surface area contributed by atoms with Crippen molar-refractivity contribution in [1.29, 1.82) is 0 Å². The topological polar surface area (TPSA) is 565 Å². The molecule has 0 aliphatic carbocycles. The van der Waals surface area contributed by atoms with Gasteiger partial charge in [0.05, 0.1) is 79.3 Å². The Morgan fingerprint density at radius 1 is 0.426 bits per heavy atom. The number of phenolic OH excluding ortho intramolecular Hbond substituents is 2. The zero-order valence-electron chi connectivity index (χ0n) is 52.2. The molecule has 0 aliphatic heterocycles. The summed E-state index contributed by atoms with van der Waals surface area (Å²) < 4.78 is 235. The van der Waals surface area contributed by atoms with Gasteiger partial charge in [-0.05, 0) is 188 Å². The minimum absolute atomic E-state index is 0.0110. The Kier molecular flexibility index (Phi) is 21.9. The van der Waals surface area contributed by atoms with E-state index < -0.39 is 124 Å². The molecule has 0 radical (unpaired) electrons. The van der Waals surface area contributed by atoms with Crippen molar-refractivity contribution in [1.82, 2.24) is 0 Å². The molecule has 0 atom stereocenters. The number of anilines is 4. The molecule has 35 nitrogen and oxygen atoms in total. The molecule has 101 heavy (non-hydrogen) atoms. The lowest BCUT2D eigenvalue weighted by molar-refractivity contribution is 0.263. The van der Waals surface area contributed by atoms with Crippen LogP contribution in [0.1, 0.15) is 35.1 Å². The summed E-state index contributed by atoms with van der Waals surface area (Å²) >= 11 is 0. The molecule has 0 aliphatic rings. The zero-order valence-corrected chi connectivity index (χ0v) is 57.9. The fourth-order valence-electron chi connectivity index (χ4n) is 9.88. The van der Waals surface area contributed by atoms with E-state index in [0.29, 0.717) is 45.7 Å². The minimum Gasteiger partial charge on any atom is -0.505 e. The lowest BCUT2D eigenvalue weighted by Crippen LogP contribution is -2.27. The van der Waals surface area contributed by atoms with Gasteiger partial charge >= 0.3 is 20.8 Å². The van der Waals surface area contributed by atoms with Crippen molar-refractivity contribution in [2.24, 2.45) is 40.9 Å². The van der Waals surface area contributed by atoms with E-state index in [1.54, 1.807) is 62.4 Å². The molecular formula is C59H56N12O23S7. The number of benzene rings is 9. The van der Waals surface area contributed by atoms with Crippen LogP contribution in [0.25, 0.3) is 21.5 Å². The van der Waals surface area contributed by atoms with Gasteiger partial charge in [0, 0.05) is 7.05 Å². The second-order valence-corrected chi connectivity index (χ2v) is 31.8. The Labute approximate surface area is 576 Å². The quantitative estimate of drug-likeness (QED) is 0.00989. The Hall–Kier alpha value is -9.93. The molecule has 0 heterocycles. The van der Waals surface area contributed by atoms with Crippen LogP contribution in [-0.2, 0) is 92.4 Å². The molecule has 9 aromatic rings. The molecule has 532 valence electrons. The highest BCUT2D eigenvalue weighted by atomic mass is 32.3. The standard InChI is InChI=1S/C59H56N12O23S7/c1-33-28-37-30-48(98(81,82)83)56(58(72)50(37)52(60)54(33)66-62-39-12-8-35(9-13-39)6-4-26-93-100(87,88)89)68-64-41-16-21-44(22-17-41)95(74,75)70-46-32-43(20-25-47(46)97(78,79)80)71(3)96(76,77)45-23-18-42(19-24-45)65-69-57-49(99(84,85)86)31-38-29-34(2)55(53(61)51(38)59(57)73)67-63-40-14-10-36(11-15-40)7-5-27-94-101(90,91)92/h8-25,28-32,70,72-73H,4-7,26-27,60-61H2,1-3H3,(H,78,79,80)(H,81,82,83)(H,84,85,86)(H,87,88,89)(H,90,91,92). The van der Waals surface area contributed by atoms with Crippen LogP contribution in [0.15, 0.2) is 205 Å². The molecule has 0 fully saturated rings. The number of nitrogens with two attached hydrogens (primary N) is 2. The van der Waals surface area contributed by atoms with Gasteiger partial charge in [0.25, 0.3) is 50.4 Å². The number of rotatable bonds is 27. The van der Waals surface area contributed by atoms with E-state index in [2.05, 4.69) is 49.3 Å². The van der Waals surface area contributed by atoms with Gasteiger partial charge in [0.2, 0.25) is 0 Å². The van der Waals surface area contributed by atoms with E-state index in [1.165, 1.54) is 12.1 Å². The summed E-state index contributed by atoms with van der Waals surface area (Å²) in [6, 6.07) is 28.4. The molecule has 9 aromatic carbocycles. The summed E-state index contributed by atoms with van der Waals surface area (Å²) in [5.41, 5.74) is 12.4. The van der Waals surface area contributed by atoms with Crippen molar-refractivity contribution < 1.29 is 100 Å². The van der Waals surface area contributed by atoms with Gasteiger partial charge in [-0.2, -0.15) is 62.5 Å². The number of nitrogens with zero attached hydrogens (tertiary/aromatic N) is 9. The van der Waals surface area contributed by atoms with Crippen molar-refractivity contribution in [2.45, 2.75) is 64.0 Å². The first-order valence-corrected chi connectivity index (χ1v) is 38.6. The molecule has 0 unspecified atom stereocenters. The van der Waals surface area contributed by atoms with Crippen LogP contribution >= 0.6 is 0 Å². The smallest absolute Gasteiger partial charge is 0.397 e. The predicted octanol–water partition coefficient (Wildman–Crippen LogP) is 11.7. The molecule has 0 aromatic heterocycles. The summed E-state index contributed by atoms with van der Waals surface area (Å²) in [6.07, 6.45) is 1.30. The highest BCUT2D eigenvalue weighted by Crippen LogP contribution is 2.49. The van der Waals surface area contributed by atoms with E-state index in [-0.39, 0.29) is 87.4 Å². The van der Waals surface area contributed by atoms with Crippen LogP contribution in [0.2, 0.25) is 0 Å². The molecule has 0 spiro atoms. The lowest BCUT2D eigenvalue weighted by Gasteiger charge is -2.21. The third-order valence-corrected chi connectivity index (χ3v) is 21.5. The predicted molar refractivity (Wildman–Crippen MR) is 366 cm³/mol. The maximum absolute atomic E-state index is 14.1. The molecule has 9 rings (SSSR count). The first-order chi connectivity index (χ1) is 47.1. The average molecular weight is 1530 g/mol. The number of phenols is 2. The number of azo groups is 4. The third-order valence-electron chi connectivity index (χ3n) is 14.7. The second kappa shape index (κ2) is 29.3.